The van der Waals surface area contributed by atoms with E-state index in [2.05, 4.69) is 15.3 Å². The minimum Gasteiger partial charge on any atom is -0.496 e. The lowest BCUT2D eigenvalue weighted by Crippen LogP contribution is -2.29. The van der Waals surface area contributed by atoms with Crippen LogP contribution in [0.2, 0.25) is 0 Å². The Kier molecular flexibility index (Phi) is 5.37. The molecule has 0 aliphatic carbocycles. The van der Waals surface area contributed by atoms with Crippen molar-refractivity contribution in [2.45, 2.75) is 32.2 Å². The molecule has 1 aromatic carbocycles. The number of hydrogen-bond donors (Lipinski definition) is 2. The van der Waals surface area contributed by atoms with Crippen LogP contribution in [0.1, 0.15) is 37.2 Å². The second-order valence-electron chi connectivity index (χ2n) is 4.81. The van der Waals surface area contributed by atoms with Gasteiger partial charge in [-0.2, -0.15) is 0 Å². The molecule has 1 heterocycles. The predicted molar refractivity (Wildman–Crippen MR) is 81.1 cm³/mol. The summed E-state index contributed by atoms with van der Waals surface area (Å²) in [4.78, 5) is 19.3. The van der Waals surface area contributed by atoms with Gasteiger partial charge in [0.25, 0.3) is 0 Å². The molecule has 0 radical (unpaired) electrons. The Hall–Kier alpha value is -2.30. The molecule has 2 aromatic rings. The van der Waals surface area contributed by atoms with Crippen LogP contribution in [0.4, 0.5) is 0 Å². The molecule has 2 N–H and O–H groups in total. The molecule has 0 aliphatic rings. The number of benzene rings is 1. The maximum atomic E-state index is 12.1. The first kappa shape index (κ1) is 15.1. The van der Waals surface area contributed by atoms with Crippen LogP contribution in [-0.2, 0) is 11.2 Å². The summed E-state index contributed by atoms with van der Waals surface area (Å²) in [6, 6.07) is 7.70. The van der Waals surface area contributed by atoms with Gasteiger partial charge in [-0.15, -0.1) is 0 Å². The second-order valence-corrected chi connectivity index (χ2v) is 4.81. The number of rotatable bonds is 7. The molecular formula is C16H21N3O2. The number of nitrogens with zero attached hydrogens (tertiary/aromatic N) is 1. The normalized spacial score (nSPS) is 11.9. The van der Waals surface area contributed by atoms with E-state index in [4.69, 9.17) is 4.74 Å². The van der Waals surface area contributed by atoms with Crippen LogP contribution >= 0.6 is 0 Å². The van der Waals surface area contributed by atoms with Gasteiger partial charge in [0.15, 0.2) is 0 Å². The van der Waals surface area contributed by atoms with Crippen molar-refractivity contribution in [3.8, 4) is 5.75 Å². The molecule has 1 aromatic heterocycles. The fourth-order valence-electron chi connectivity index (χ4n) is 2.26. The Morgan fingerprint density at radius 2 is 2.24 bits per heavy atom. The van der Waals surface area contributed by atoms with Crippen molar-refractivity contribution < 1.29 is 9.53 Å². The standard InChI is InChI=1S/C16H21N3O2/c1-3-13(16-17-10-11-18-16)19-15(20)9-8-12-6-4-5-7-14(12)21-2/h4-7,10-11,13H,3,8-9H2,1-2H3,(H,17,18)(H,19,20). The van der Waals surface area contributed by atoms with Crippen LogP contribution in [0, 0.1) is 0 Å². The van der Waals surface area contributed by atoms with Gasteiger partial charge >= 0.3 is 0 Å². The van der Waals surface area contributed by atoms with Crippen molar-refractivity contribution in [1.82, 2.24) is 15.3 Å². The topological polar surface area (TPSA) is 67.0 Å². The predicted octanol–water partition coefficient (Wildman–Crippen LogP) is 2.62. The average Bonchev–Trinajstić information content (AvgIpc) is 3.05. The molecule has 1 unspecified atom stereocenters. The largest absolute Gasteiger partial charge is 0.496 e. The number of ether oxygens (including phenoxy) is 1. The highest BCUT2D eigenvalue weighted by Gasteiger charge is 2.15. The molecule has 2 rings (SSSR count). The number of carbonyl (C=O) groups is 1. The van der Waals surface area contributed by atoms with E-state index in [-0.39, 0.29) is 11.9 Å². The lowest BCUT2D eigenvalue weighted by Gasteiger charge is -2.15. The molecule has 1 amide bonds. The third kappa shape index (κ3) is 4.08. The second kappa shape index (κ2) is 7.47. The fraction of sp³-hybridized carbons (Fsp3) is 0.375. The van der Waals surface area contributed by atoms with Crippen LogP contribution < -0.4 is 10.1 Å². The molecule has 0 aliphatic heterocycles. The minimum absolute atomic E-state index is 0.0177. The van der Waals surface area contributed by atoms with Gasteiger partial charge in [0.05, 0.1) is 13.2 Å². The summed E-state index contributed by atoms with van der Waals surface area (Å²) in [7, 11) is 1.64. The van der Waals surface area contributed by atoms with Gasteiger partial charge in [0.2, 0.25) is 5.91 Å². The van der Waals surface area contributed by atoms with Crippen molar-refractivity contribution >= 4 is 5.91 Å². The number of imidazole rings is 1. The zero-order valence-corrected chi connectivity index (χ0v) is 12.4. The number of amides is 1. The summed E-state index contributed by atoms with van der Waals surface area (Å²) in [5, 5.41) is 3.00. The van der Waals surface area contributed by atoms with Crippen LogP contribution in [0.5, 0.6) is 5.75 Å². The molecule has 1 atom stereocenters. The Balaban J connectivity index is 1.90. The third-order valence-corrected chi connectivity index (χ3v) is 3.41. The van der Waals surface area contributed by atoms with E-state index in [1.165, 1.54) is 0 Å². The quantitative estimate of drug-likeness (QED) is 0.822. The van der Waals surface area contributed by atoms with Crippen molar-refractivity contribution in [2.75, 3.05) is 7.11 Å². The molecular weight excluding hydrogens is 266 g/mol. The van der Waals surface area contributed by atoms with Gasteiger partial charge in [-0.05, 0) is 24.5 Å². The Morgan fingerprint density at radius 3 is 2.90 bits per heavy atom. The van der Waals surface area contributed by atoms with Crippen LogP contribution in [0.15, 0.2) is 36.7 Å². The van der Waals surface area contributed by atoms with E-state index in [0.717, 1.165) is 23.6 Å². The number of aryl methyl sites for hydroxylation is 1. The van der Waals surface area contributed by atoms with E-state index >= 15 is 0 Å². The zero-order valence-electron chi connectivity index (χ0n) is 12.4. The Morgan fingerprint density at radius 1 is 1.43 bits per heavy atom. The van der Waals surface area contributed by atoms with Crippen molar-refractivity contribution in [3.63, 3.8) is 0 Å². The van der Waals surface area contributed by atoms with Crippen molar-refractivity contribution in [3.05, 3.63) is 48.0 Å². The molecule has 5 heteroatoms. The summed E-state index contributed by atoms with van der Waals surface area (Å²) in [6.07, 6.45) is 5.34. The summed E-state index contributed by atoms with van der Waals surface area (Å²) in [5.74, 6) is 1.63. The van der Waals surface area contributed by atoms with Gasteiger partial charge < -0.3 is 15.0 Å². The smallest absolute Gasteiger partial charge is 0.220 e. The zero-order chi connectivity index (χ0) is 15.1. The van der Waals surface area contributed by atoms with E-state index < -0.39 is 0 Å². The highest BCUT2D eigenvalue weighted by Crippen LogP contribution is 2.19. The first-order valence-corrected chi connectivity index (χ1v) is 7.15. The van der Waals surface area contributed by atoms with Gasteiger partial charge in [0, 0.05) is 18.8 Å². The van der Waals surface area contributed by atoms with E-state index in [0.29, 0.717) is 12.8 Å². The van der Waals surface area contributed by atoms with Gasteiger partial charge in [0.1, 0.15) is 11.6 Å². The third-order valence-electron chi connectivity index (χ3n) is 3.41. The Bertz CT molecular complexity index is 567. The molecule has 0 saturated carbocycles. The van der Waals surface area contributed by atoms with Gasteiger partial charge in [-0.3, -0.25) is 4.79 Å². The average molecular weight is 287 g/mol. The molecule has 21 heavy (non-hydrogen) atoms. The van der Waals surface area contributed by atoms with E-state index in [1.54, 1.807) is 19.5 Å². The molecule has 0 spiro atoms. The highest BCUT2D eigenvalue weighted by atomic mass is 16.5. The maximum Gasteiger partial charge on any atom is 0.220 e. The number of H-pyrrole nitrogens is 1. The number of nitrogens with one attached hydrogen (secondary N) is 2. The molecule has 0 fully saturated rings. The molecule has 5 nitrogen and oxygen atoms in total. The number of aromatic amines is 1. The molecule has 0 bridgehead atoms. The minimum atomic E-state index is -0.0647. The lowest BCUT2D eigenvalue weighted by atomic mass is 10.1. The SMILES string of the molecule is CCC(NC(=O)CCc1ccccc1OC)c1ncc[nH]1. The number of para-hydroxylation sites is 1. The molecule has 112 valence electrons. The molecule has 0 saturated heterocycles. The summed E-state index contributed by atoms with van der Waals surface area (Å²) < 4.78 is 5.29. The lowest BCUT2D eigenvalue weighted by molar-refractivity contribution is -0.121. The van der Waals surface area contributed by atoms with E-state index in [9.17, 15) is 4.79 Å². The van der Waals surface area contributed by atoms with Gasteiger partial charge in [-0.25, -0.2) is 4.98 Å². The highest BCUT2D eigenvalue weighted by molar-refractivity contribution is 5.76. The number of hydrogen-bond acceptors (Lipinski definition) is 3. The monoisotopic (exact) mass is 287 g/mol. The van der Waals surface area contributed by atoms with Crippen LogP contribution in [-0.4, -0.2) is 23.0 Å². The van der Waals surface area contributed by atoms with Crippen LogP contribution in [0.3, 0.4) is 0 Å². The van der Waals surface area contributed by atoms with Crippen LogP contribution in [0.25, 0.3) is 0 Å². The first-order valence-electron chi connectivity index (χ1n) is 7.15. The number of methoxy groups -OCH3 is 1. The fourth-order valence-corrected chi connectivity index (χ4v) is 2.26. The van der Waals surface area contributed by atoms with E-state index in [1.807, 2.05) is 31.2 Å². The summed E-state index contributed by atoms with van der Waals surface area (Å²) in [5.41, 5.74) is 1.04. The van der Waals surface area contributed by atoms with Gasteiger partial charge in [-0.1, -0.05) is 25.1 Å². The first-order chi connectivity index (χ1) is 10.2. The maximum absolute atomic E-state index is 12.1. The van der Waals surface area contributed by atoms with Crippen molar-refractivity contribution in [1.29, 1.82) is 0 Å². The van der Waals surface area contributed by atoms with Crippen molar-refractivity contribution in [2.24, 2.45) is 0 Å². The number of aromatic nitrogens is 2. The summed E-state index contributed by atoms with van der Waals surface area (Å²) >= 11 is 0. The summed E-state index contributed by atoms with van der Waals surface area (Å²) in [6.45, 7) is 2.02. The number of carbonyl (C=O) groups excluding carboxylic acids is 1. The Labute approximate surface area is 124 Å².